The number of hydrazone groups is 1. The number of methoxy groups -OCH3 is 2. The normalized spacial score (nSPS) is 19.3. The average Bonchev–Trinajstić information content (AvgIpc) is 3.30. The van der Waals surface area contributed by atoms with Crippen LogP contribution >= 0.6 is 0 Å². The molecule has 174 valence electrons. The van der Waals surface area contributed by atoms with Crippen molar-refractivity contribution in [3.8, 4) is 11.5 Å². The topological polar surface area (TPSA) is 97.5 Å². The molecule has 2 N–H and O–H groups in total. The molecule has 33 heavy (non-hydrogen) atoms. The zero-order valence-corrected chi connectivity index (χ0v) is 19.1. The summed E-state index contributed by atoms with van der Waals surface area (Å²) in [5, 5.41) is 6.34. The first-order chi connectivity index (χ1) is 16.0. The zero-order valence-electron chi connectivity index (χ0n) is 19.1. The molecule has 1 atom stereocenters. The minimum atomic E-state index is -0.305. The van der Waals surface area contributed by atoms with Crippen molar-refractivity contribution < 1.29 is 19.1 Å². The number of hydrogen-bond acceptors (Lipinski definition) is 6. The van der Waals surface area contributed by atoms with Gasteiger partial charge in [-0.05, 0) is 49.7 Å². The van der Waals surface area contributed by atoms with Crippen LogP contribution in [0.2, 0.25) is 0 Å². The molecule has 2 aliphatic rings. The average molecular weight is 451 g/mol. The highest BCUT2D eigenvalue weighted by atomic mass is 16.5. The molecular weight excluding hydrogens is 420 g/mol. The lowest BCUT2D eigenvalue weighted by Gasteiger charge is -2.31. The van der Waals surface area contributed by atoms with E-state index in [2.05, 4.69) is 4.90 Å². The van der Waals surface area contributed by atoms with Crippen LogP contribution in [0.25, 0.3) is 0 Å². The van der Waals surface area contributed by atoms with Crippen LogP contribution in [0.3, 0.4) is 0 Å². The van der Waals surface area contributed by atoms with E-state index in [1.54, 1.807) is 19.2 Å². The van der Waals surface area contributed by atoms with E-state index in [0.717, 1.165) is 16.8 Å². The molecule has 0 unspecified atom stereocenters. The van der Waals surface area contributed by atoms with Crippen LogP contribution < -0.4 is 15.2 Å². The Morgan fingerprint density at radius 3 is 2.42 bits per heavy atom. The molecular formula is C25H30N4O4. The number of carbonyl (C=O) groups is 2. The summed E-state index contributed by atoms with van der Waals surface area (Å²) in [7, 11) is 3.24. The van der Waals surface area contributed by atoms with Crippen LogP contribution in [0.5, 0.6) is 11.5 Å². The molecule has 8 nitrogen and oxygen atoms in total. The first-order valence-corrected chi connectivity index (χ1v) is 11.2. The number of hydrogen-bond donors (Lipinski definition) is 1. The predicted molar refractivity (Wildman–Crippen MR) is 125 cm³/mol. The minimum Gasteiger partial charge on any atom is -0.497 e. The molecule has 1 fully saturated rings. The van der Waals surface area contributed by atoms with Crippen molar-refractivity contribution in [3.05, 3.63) is 59.7 Å². The Kier molecular flexibility index (Phi) is 6.93. The molecule has 1 saturated heterocycles. The third-order valence-corrected chi connectivity index (χ3v) is 6.42. The number of ether oxygens (including phenoxy) is 2. The monoisotopic (exact) mass is 450 g/mol. The van der Waals surface area contributed by atoms with Gasteiger partial charge in [0.15, 0.2) is 0 Å². The van der Waals surface area contributed by atoms with Gasteiger partial charge < -0.3 is 15.2 Å². The number of carbonyl (C=O) groups excluding carboxylic acids is 2. The van der Waals surface area contributed by atoms with Crippen LogP contribution in [0.1, 0.15) is 36.4 Å². The lowest BCUT2D eigenvalue weighted by atomic mass is 9.96. The summed E-state index contributed by atoms with van der Waals surface area (Å²) in [4.78, 5) is 27.0. The summed E-state index contributed by atoms with van der Waals surface area (Å²) < 4.78 is 11.0. The number of piperidine rings is 1. The minimum absolute atomic E-state index is 0.0895. The van der Waals surface area contributed by atoms with Crippen molar-refractivity contribution in [1.82, 2.24) is 9.91 Å². The lowest BCUT2D eigenvalue weighted by molar-refractivity contribution is -0.134. The zero-order chi connectivity index (χ0) is 23.4. The summed E-state index contributed by atoms with van der Waals surface area (Å²) in [6, 6.07) is 15.2. The van der Waals surface area contributed by atoms with Gasteiger partial charge in [0.25, 0.3) is 5.91 Å². The second-order valence-corrected chi connectivity index (χ2v) is 8.43. The van der Waals surface area contributed by atoms with E-state index in [-0.39, 0.29) is 30.3 Å². The third-order valence-electron chi connectivity index (χ3n) is 6.42. The second-order valence-electron chi connectivity index (χ2n) is 8.43. The molecule has 0 saturated carbocycles. The number of primary amides is 1. The largest absolute Gasteiger partial charge is 0.497 e. The highest BCUT2D eigenvalue weighted by molar-refractivity contribution is 6.03. The summed E-state index contributed by atoms with van der Waals surface area (Å²) in [6.07, 6.45) is 1.92. The molecule has 0 aliphatic carbocycles. The second kappa shape index (κ2) is 10.0. The van der Waals surface area contributed by atoms with Crippen LogP contribution in [0, 0.1) is 5.92 Å². The third kappa shape index (κ3) is 5.01. The molecule has 4 rings (SSSR count). The summed E-state index contributed by atoms with van der Waals surface area (Å²) in [6.45, 7) is 1.56. The Bertz CT molecular complexity index is 1030. The van der Waals surface area contributed by atoms with Crippen molar-refractivity contribution in [2.24, 2.45) is 16.8 Å². The maximum atomic E-state index is 13.5. The van der Waals surface area contributed by atoms with Crippen molar-refractivity contribution in [2.75, 3.05) is 33.9 Å². The smallest absolute Gasteiger partial charge is 0.257 e. The summed E-state index contributed by atoms with van der Waals surface area (Å²) >= 11 is 0. The van der Waals surface area contributed by atoms with Gasteiger partial charge >= 0.3 is 0 Å². The molecule has 2 aliphatic heterocycles. The van der Waals surface area contributed by atoms with Crippen molar-refractivity contribution >= 4 is 17.5 Å². The Labute approximate surface area is 193 Å². The van der Waals surface area contributed by atoms with Gasteiger partial charge in [0.05, 0.1) is 32.5 Å². The fraction of sp³-hybridized carbons (Fsp3) is 0.400. The molecule has 2 amide bonds. The van der Waals surface area contributed by atoms with Crippen LogP contribution in [0.4, 0.5) is 0 Å². The Morgan fingerprint density at radius 2 is 1.79 bits per heavy atom. The summed E-state index contributed by atoms with van der Waals surface area (Å²) in [5.74, 6) is 0.918. The van der Waals surface area contributed by atoms with Gasteiger partial charge in [-0.2, -0.15) is 5.10 Å². The number of nitrogens with two attached hydrogens (primary N) is 1. The van der Waals surface area contributed by atoms with Crippen LogP contribution in [0.15, 0.2) is 53.6 Å². The van der Waals surface area contributed by atoms with Gasteiger partial charge in [0, 0.05) is 17.9 Å². The van der Waals surface area contributed by atoms with Gasteiger partial charge in [-0.15, -0.1) is 0 Å². The highest BCUT2D eigenvalue weighted by Crippen LogP contribution is 2.39. The van der Waals surface area contributed by atoms with Crippen molar-refractivity contribution in [1.29, 1.82) is 0 Å². The van der Waals surface area contributed by atoms with Crippen LogP contribution in [-0.4, -0.2) is 61.3 Å². The van der Waals surface area contributed by atoms with Crippen molar-refractivity contribution in [3.63, 3.8) is 0 Å². The van der Waals surface area contributed by atoms with Gasteiger partial charge in [0.1, 0.15) is 11.5 Å². The van der Waals surface area contributed by atoms with Gasteiger partial charge in [-0.3, -0.25) is 14.5 Å². The summed E-state index contributed by atoms with van der Waals surface area (Å²) in [5.41, 5.74) is 8.14. The quantitative estimate of drug-likeness (QED) is 0.699. The standard InChI is InChI=1S/C25H30N4O4/c1-32-19-8-9-23(33-2)20(14-19)22-15-21(17-6-4-3-5-7-17)27-29(22)24(30)16-28-12-10-18(11-13-28)25(26)31/h3-9,14,18,22H,10-13,15-16H2,1-2H3,(H2,26,31)/t22-/m1/s1. The van der Waals surface area contributed by atoms with E-state index in [0.29, 0.717) is 43.9 Å². The van der Waals surface area contributed by atoms with Gasteiger partial charge in [0.2, 0.25) is 5.91 Å². The lowest BCUT2D eigenvalue weighted by Crippen LogP contribution is -2.44. The van der Waals surface area contributed by atoms with E-state index in [1.807, 2.05) is 48.5 Å². The molecule has 0 spiro atoms. The maximum Gasteiger partial charge on any atom is 0.257 e. The van der Waals surface area contributed by atoms with E-state index in [4.69, 9.17) is 20.3 Å². The first-order valence-electron chi connectivity index (χ1n) is 11.2. The number of rotatable bonds is 7. The molecule has 0 aromatic heterocycles. The maximum absolute atomic E-state index is 13.5. The highest BCUT2D eigenvalue weighted by Gasteiger charge is 2.36. The Hall–Kier alpha value is -3.39. The molecule has 2 aromatic carbocycles. The van der Waals surface area contributed by atoms with Crippen LogP contribution in [-0.2, 0) is 9.59 Å². The molecule has 8 heteroatoms. The number of likely N-dealkylation sites (tertiary alicyclic amines) is 1. The first kappa shape index (κ1) is 22.8. The van der Waals surface area contributed by atoms with Gasteiger partial charge in [-0.1, -0.05) is 30.3 Å². The number of amides is 2. The Morgan fingerprint density at radius 1 is 1.06 bits per heavy atom. The van der Waals surface area contributed by atoms with E-state index < -0.39 is 0 Å². The molecule has 2 heterocycles. The fourth-order valence-electron chi connectivity index (χ4n) is 4.53. The molecule has 0 bridgehead atoms. The van der Waals surface area contributed by atoms with Gasteiger partial charge in [-0.25, -0.2) is 5.01 Å². The van der Waals surface area contributed by atoms with Crippen molar-refractivity contribution in [2.45, 2.75) is 25.3 Å². The fourth-order valence-corrected chi connectivity index (χ4v) is 4.53. The van der Waals surface area contributed by atoms with E-state index in [9.17, 15) is 9.59 Å². The predicted octanol–water partition coefficient (Wildman–Crippen LogP) is 2.58. The number of benzene rings is 2. The Balaban J connectivity index is 1.60. The number of nitrogens with zero attached hydrogens (tertiary/aromatic N) is 3. The SMILES string of the molecule is COc1ccc(OC)c([C@H]2CC(c3ccccc3)=NN2C(=O)CN2CCC(C(N)=O)CC2)c1. The molecule has 2 aromatic rings. The molecule has 0 radical (unpaired) electrons. The van der Waals surface area contributed by atoms with E-state index in [1.165, 1.54) is 0 Å². The van der Waals surface area contributed by atoms with E-state index >= 15 is 0 Å².